The molecule has 7 heteroatoms. The second kappa shape index (κ2) is 6.60. The van der Waals surface area contributed by atoms with Crippen LogP contribution in [0.1, 0.15) is 36.4 Å². The summed E-state index contributed by atoms with van der Waals surface area (Å²) in [4.78, 5) is 15.7. The lowest BCUT2D eigenvalue weighted by Crippen LogP contribution is -2.40. The molecule has 0 bridgehead atoms. The van der Waals surface area contributed by atoms with Gasteiger partial charge in [0.2, 0.25) is 10.0 Å². The zero-order chi connectivity index (χ0) is 19.3. The van der Waals surface area contributed by atoms with Crippen LogP contribution in [-0.2, 0) is 22.9 Å². The van der Waals surface area contributed by atoms with Gasteiger partial charge in [0.05, 0.1) is 15.9 Å². The lowest BCUT2D eigenvalue weighted by molar-refractivity contribution is 0.274. The maximum absolute atomic E-state index is 13.1. The van der Waals surface area contributed by atoms with Gasteiger partial charge >= 0.3 is 5.69 Å². The maximum atomic E-state index is 13.1. The first-order valence-electron chi connectivity index (χ1n) is 9.85. The summed E-state index contributed by atoms with van der Waals surface area (Å²) in [6.45, 7) is 0.853. The van der Waals surface area contributed by atoms with E-state index in [0.717, 1.165) is 30.3 Å². The highest BCUT2D eigenvalue weighted by Gasteiger charge is 2.31. The fourth-order valence-electron chi connectivity index (χ4n) is 4.64. The van der Waals surface area contributed by atoms with Crippen molar-refractivity contribution in [1.29, 1.82) is 0 Å². The maximum Gasteiger partial charge on any atom is 0.326 e. The fourth-order valence-corrected chi connectivity index (χ4v) is 6.16. The first-order valence-corrected chi connectivity index (χ1v) is 11.3. The molecular weight excluding hydrogens is 374 g/mol. The highest BCUT2D eigenvalue weighted by atomic mass is 32.2. The Morgan fingerprint density at radius 3 is 2.54 bits per heavy atom. The van der Waals surface area contributed by atoms with E-state index < -0.39 is 10.0 Å². The minimum Gasteiger partial charge on any atom is -0.306 e. The average Bonchev–Trinajstić information content (AvgIpc) is 3.30. The zero-order valence-corrected chi connectivity index (χ0v) is 16.4. The normalized spacial score (nSPS) is 18.6. The summed E-state index contributed by atoms with van der Waals surface area (Å²) in [6, 6.07) is 13.2. The molecule has 0 radical (unpaired) electrons. The van der Waals surface area contributed by atoms with Gasteiger partial charge in [-0.1, -0.05) is 18.2 Å². The second-order valence-corrected chi connectivity index (χ2v) is 9.67. The first-order chi connectivity index (χ1) is 13.5. The molecule has 1 aliphatic carbocycles. The highest BCUT2D eigenvalue weighted by molar-refractivity contribution is 7.89. The van der Waals surface area contributed by atoms with E-state index in [0.29, 0.717) is 30.8 Å². The van der Waals surface area contributed by atoms with Gasteiger partial charge in [0.25, 0.3) is 0 Å². The van der Waals surface area contributed by atoms with Crippen LogP contribution in [-0.4, -0.2) is 35.4 Å². The van der Waals surface area contributed by atoms with Crippen molar-refractivity contribution < 1.29 is 8.42 Å². The number of piperidine rings is 1. The Bertz CT molecular complexity index is 1200. The van der Waals surface area contributed by atoms with Crippen LogP contribution in [0.5, 0.6) is 0 Å². The number of rotatable bonds is 3. The van der Waals surface area contributed by atoms with Crippen molar-refractivity contribution in [3.05, 3.63) is 64.1 Å². The zero-order valence-electron chi connectivity index (χ0n) is 15.6. The van der Waals surface area contributed by atoms with Gasteiger partial charge in [-0.25, -0.2) is 13.2 Å². The number of fused-ring (bicyclic) bond motifs is 2. The molecular formula is C21H23N3O3S. The molecule has 3 aromatic rings. The van der Waals surface area contributed by atoms with E-state index in [1.807, 2.05) is 36.4 Å². The van der Waals surface area contributed by atoms with Crippen molar-refractivity contribution in [1.82, 2.24) is 13.9 Å². The Hall–Kier alpha value is -2.38. The minimum atomic E-state index is -3.49. The van der Waals surface area contributed by atoms with Crippen LogP contribution in [0.15, 0.2) is 52.2 Å². The van der Waals surface area contributed by atoms with Crippen LogP contribution in [0, 0.1) is 0 Å². The number of para-hydroxylation sites is 2. The summed E-state index contributed by atoms with van der Waals surface area (Å²) in [6.07, 6.45) is 4.37. The summed E-state index contributed by atoms with van der Waals surface area (Å²) in [5.41, 5.74) is 4.02. The van der Waals surface area contributed by atoms with Crippen LogP contribution < -0.4 is 5.69 Å². The van der Waals surface area contributed by atoms with Crippen molar-refractivity contribution in [2.24, 2.45) is 0 Å². The second-order valence-electron chi connectivity index (χ2n) is 7.74. The molecule has 0 atom stereocenters. The van der Waals surface area contributed by atoms with Gasteiger partial charge in [-0.2, -0.15) is 4.31 Å². The summed E-state index contributed by atoms with van der Waals surface area (Å²) < 4.78 is 29.6. The number of H-pyrrole nitrogens is 1. The summed E-state index contributed by atoms with van der Waals surface area (Å²) in [5, 5.41) is 0. The highest BCUT2D eigenvalue weighted by Crippen LogP contribution is 2.30. The first kappa shape index (κ1) is 17.7. The third kappa shape index (κ3) is 2.81. The molecule has 1 aliphatic heterocycles. The van der Waals surface area contributed by atoms with Crippen molar-refractivity contribution in [2.75, 3.05) is 13.1 Å². The molecule has 2 aromatic carbocycles. The Kier molecular flexibility index (Phi) is 4.17. The predicted molar refractivity (Wildman–Crippen MR) is 108 cm³/mol. The van der Waals surface area contributed by atoms with Crippen molar-refractivity contribution >= 4 is 21.1 Å². The Morgan fingerprint density at radius 1 is 0.964 bits per heavy atom. The molecule has 0 amide bonds. The Balaban J connectivity index is 1.38. The van der Waals surface area contributed by atoms with E-state index in [1.165, 1.54) is 11.1 Å². The molecule has 1 aromatic heterocycles. The molecule has 1 saturated heterocycles. The van der Waals surface area contributed by atoms with Crippen molar-refractivity contribution in [3.8, 4) is 0 Å². The standard InChI is InChI=1S/C21H23N3O3S/c25-21-22-19-6-1-2-7-20(19)24(21)17-10-12-23(13-11-17)28(26,27)18-9-8-15-4-3-5-16(15)14-18/h1-2,6-9,14,17H,3-5,10-13H2,(H,22,25). The average molecular weight is 398 g/mol. The number of sulfonamides is 1. The summed E-state index contributed by atoms with van der Waals surface area (Å²) in [7, 11) is -3.49. The monoisotopic (exact) mass is 397 g/mol. The number of aromatic nitrogens is 2. The van der Waals surface area contributed by atoms with Gasteiger partial charge in [-0.3, -0.25) is 4.57 Å². The van der Waals surface area contributed by atoms with E-state index in [-0.39, 0.29) is 11.7 Å². The minimum absolute atomic E-state index is 0.00937. The van der Waals surface area contributed by atoms with Crippen LogP contribution in [0.25, 0.3) is 11.0 Å². The van der Waals surface area contributed by atoms with E-state index in [2.05, 4.69) is 4.98 Å². The number of aromatic amines is 1. The largest absolute Gasteiger partial charge is 0.326 e. The van der Waals surface area contributed by atoms with E-state index in [9.17, 15) is 13.2 Å². The topological polar surface area (TPSA) is 75.2 Å². The molecule has 0 spiro atoms. The molecule has 0 unspecified atom stereocenters. The number of aryl methyl sites for hydroxylation is 2. The van der Waals surface area contributed by atoms with Gasteiger partial charge in [-0.05, 0) is 67.5 Å². The van der Waals surface area contributed by atoms with E-state index >= 15 is 0 Å². The SMILES string of the molecule is O=c1[nH]c2ccccc2n1C1CCN(S(=O)(=O)c2ccc3c(c2)CCC3)CC1. The van der Waals surface area contributed by atoms with Gasteiger partial charge < -0.3 is 4.98 Å². The molecule has 1 N–H and O–H groups in total. The molecule has 0 saturated carbocycles. The molecule has 2 aliphatic rings. The smallest absolute Gasteiger partial charge is 0.306 e. The van der Waals surface area contributed by atoms with Crippen molar-refractivity contribution in [2.45, 2.75) is 43.0 Å². The van der Waals surface area contributed by atoms with E-state index in [1.54, 1.807) is 14.9 Å². The predicted octanol–water partition coefficient (Wildman–Crippen LogP) is 2.84. The third-order valence-corrected chi connectivity index (χ3v) is 8.01. The Labute approximate surface area is 163 Å². The molecule has 146 valence electrons. The van der Waals surface area contributed by atoms with Gasteiger partial charge in [0.15, 0.2) is 0 Å². The molecule has 2 heterocycles. The number of imidazole rings is 1. The molecule has 1 fully saturated rings. The van der Waals surface area contributed by atoms with E-state index in [4.69, 9.17) is 0 Å². The Morgan fingerprint density at radius 2 is 1.71 bits per heavy atom. The van der Waals surface area contributed by atoms with Crippen molar-refractivity contribution in [3.63, 3.8) is 0 Å². The van der Waals surface area contributed by atoms with Crippen LogP contribution in [0.2, 0.25) is 0 Å². The fraction of sp³-hybridized carbons (Fsp3) is 0.381. The lowest BCUT2D eigenvalue weighted by atomic mass is 10.1. The molecule has 6 nitrogen and oxygen atoms in total. The summed E-state index contributed by atoms with van der Waals surface area (Å²) in [5.74, 6) is 0. The van der Waals surface area contributed by atoms with Crippen LogP contribution in [0.3, 0.4) is 0 Å². The number of nitrogens with one attached hydrogen (secondary N) is 1. The quantitative estimate of drug-likeness (QED) is 0.738. The molecule has 5 rings (SSSR count). The number of nitrogens with zero attached hydrogens (tertiary/aromatic N) is 2. The van der Waals surface area contributed by atoms with Crippen LogP contribution in [0.4, 0.5) is 0 Å². The van der Waals surface area contributed by atoms with Gasteiger partial charge in [0, 0.05) is 19.1 Å². The van der Waals surface area contributed by atoms with Gasteiger partial charge in [-0.15, -0.1) is 0 Å². The summed E-state index contributed by atoms with van der Waals surface area (Å²) >= 11 is 0. The van der Waals surface area contributed by atoms with Crippen LogP contribution >= 0.6 is 0 Å². The number of hydrogen-bond acceptors (Lipinski definition) is 3. The number of benzene rings is 2. The van der Waals surface area contributed by atoms with Gasteiger partial charge in [0.1, 0.15) is 0 Å². The molecule has 28 heavy (non-hydrogen) atoms. The number of hydrogen-bond donors (Lipinski definition) is 1. The lowest BCUT2D eigenvalue weighted by Gasteiger charge is -2.31. The third-order valence-electron chi connectivity index (χ3n) is 6.12.